The Morgan fingerprint density at radius 2 is 0.907 bits per heavy atom. The zero-order valence-corrected chi connectivity index (χ0v) is 32.0. The molecule has 10 rings (SSSR count). The Kier molecular flexibility index (Phi) is 6.99. The van der Waals surface area contributed by atoms with Crippen LogP contribution in [0.5, 0.6) is 0 Å². The fourth-order valence-electron chi connectivity index (χ4n) is 9.54. The van der Waals surface area contributed by atoms with E-state index < -0.39 is 5.41 Å². The van der Waals surface area contributed by atoms with E-state index in [2.05, 4.69) is 210 Å². The van der Waals surface area contributed by atoms with E-state index in [1.165, 1.54) is 77.2 Å². The molecule has 0 aromatic heterocycles. The number of rotatable bonds is 3. The van der Waals surface area contributed by atoms with Gasteiger partial charge in [-0.15, -0.1) is 0 Å². The second-order valence-electron chi connectivity index (χ2n) is 17.4. The van der Waals surface area contributed by atoms with Gasteiger partial charge in [0.15, 0.2) is 0 Å². The van der Waals surface area contributed by atoms with Gasteiger partial charge >= 0.3 is 0 Å². The first-order valence-corrected chi connectivity index (χ1v) is 19.4. The molecule has 0 saturated heterocycles. The normalized spacial score (nSPS) is 13.9. The van der Waals surface area contributed by atoms with Crippen LogP contribution in [0.15, 0.2) is 164 Å². The van der Waals surface area contributed by atoms with Gasteiger partial charge in [0.25, 0.3) is 0 Å². The van der Waals surface area contributed by atoms with Crippen LogP contribution in [0.1, 0.15) is 74.9 Å². The van der Waals surface area contributed by atoms with E-state index in [-0.39, 0.29) is 10.8 Å². The number of nitrogens with zero attached hydrogens (tertiary/aromatic N) is 1. The Labute approximate surface area is 319 Å². The summed E-state index contributed by atoms with van der Waals surface area (Å²) in [6.07, 6.45) is 0. The minimum atomic E-state index is -0.422. The van der Waals surface area contributed by atoms with Gasteiger partial charge in [-0.05, 0) is 124 Å². The number of benzene rings is 8. The summed E-state index contributed by atoms with van der Waals surface area (Å²) in [5.41, 5.74) is 16.7. The highest BCUT2D eigenvalue weighted by Gasteiger charge is 2.52. The number of fused-ring (bicyclic) bond motifs is 14. The van der Waals surface area contributed by atoms with Crippen molar-refractivity contribution in [2.24, 2.45) is 0 Å². The average Bonchev–Trinajstić information content (AvgIpc) is 3.65. The lowest BCUT2D eigenvalue weighted by Gasteiger charge is -2.32. The maximum atomic E-state index is 2.42. The first-order chi connectivity index (χ1) is 26.0. The van der Waals surface area contributed by atoms with E-state index in [1.54, 1.807) is 0 Å². The van der Waals surface area contributed by atoms with E-state index in [0.29, 0.717) is 0 Å². The Bertz CT molecular complexity index is 2670. The van der Waals surface area contributed by atoms with Crippen molar-refractivity contribution in [2.75, 3.05) is 4.90 Å². The maximum absolute atomic E-state index is 2.42. The molecule has 0 heterocycles. The molecule has 8 aromatic rings. The first kappa shape index (κ1) is 32.7. The van der Waals surface area contributed by atoms with E-state index in [9.17, 15) is 0 Å². The lowest BCUT2D eigenvalue weighted by Crippen LogP contribution is -2.26. The standard InChI is InChI=1S/C53H45N/c1-51(2,3)36-21-25-38(26-22-36)54(39-27-23-37(24-28-39)52(4,5)6)40-29-31-42-35(33-40)19-30-45-49-41-14-8-7-13-34(41)20-32-48(49)53(50(42)45)46-17-11-9-15-43(46)44-16-10-12-18-47(44)53/h7-33H,1-6H3. The van der Waals surface area contributed by atoms with E-state index in [1.807, 2.05) is 0 Å². The molecule has 1 heteroatoms. The molecule has 8 aromatic carbocycles. The Balaban J connectivity index is 1.24. The highest BCUT2D eigenvalue weighted by atomic mass is 15.1. The molecule has 0 amide bonds. The summed E-state index contributed by atoms with van der Waals surface area (Å²) < 4.78 is 0. The van der Waals surface area contributed by atoms with Crippen molar-refractivity contribution in [3.63, 3.8) is 0 Å². The molecular weight excluding hydrogens is 651 g/mol. The van der Waals surface area contributed by atoms with Crippen LogP contribution in [0.4, 0.5) is 17.1 Å². The van der Waals surface area contributed by atoms with Crippen molar-refractivity contribution < 1.29 is 0 Å². The molecule has 54 heavy (non-hydrogen) atoms. The molecule has 0 unspecified atom stereocenters. The maximum Gasteiger partial charge on any atom is 0.0731 e. The van der Waals surface area contributed by atoms with E-state index >= 15 is 0 Å². The summed E-state index contributed by atoms with van der Waals surface area (Å²) in [5.74, 6) is 0. The first-order valence-electron chi connectivity index (χ1n) is 19.4. The van der Waals surface area contributed by atoms with Gasteiger partial charge in [0.1, 0.15) is 0 Å². The van der Waals surface area contributed by atoms with Gasteiger partial charge < -0.3 is 4.90 Å². The minimum absolute atomic E-state index is 0.0807. The van der Waals surface area contributed by atoms with Gasteiger partial charge in [-0.1, -0.05) is 169 Å². The molecule has 0 aliphatic heterocycles. The molecular formula is C53H45N. The van der Waals surface area contributed by atoms with Crippen LogP contribution in [-0.2, 0) is 16.2 Å². The van der Waals surface area contributed by atoms with Crippen LogP contribution in [0.25, 0.3) is 43.8 Å². The zero-order chi connectivity index (χ0) is 37.0. The molecule has 0 bridgehead atoms. The highest BCUT2D eigenvalue weighted by molar-refractivity contribution is 6.11. The monoisotopic (exact) mass is 695 g/mol. The Morgan fingerprint density at radius 1 is 0.389 bits per heavy atom. The molecule has 0 N–H and O–H groups in total. The predicted octanol–water partition coefficient (Wildman–Crippen LogP) is 14.4. The smallest absolute Gasteiger partial charge is 0.0731 e. The van der Waals surface area contributed by atoms with Crippen molar-refractivity contribution >= 4 is 38.6 Å². The van der Waals surface area contributed by atoms with Crippen molar-refractivity contribution in [2.45, 2.75) is 57.8 Å². The second-order valence-corrected chi connectivity index (χ2v) is 17.4. The number of hydrogen-bond acceptors (Lipinski definition) is 1. The minimum Gasteiger partial charge on any atom is -0.310 e. The van der Waals surface area contributed by atoms with Crippen LogP contribution in [0.2, 0.25) is 0 Å². The lowest BCUT2D eigenvalue weighted by molar-refractivity contribution is 0.590. The van der Waals surface area contributed by atoms with Crippen LogP contribution in [0, 0.1) is 0 Å². The molecule has 1 nitrogen and oxygen atoms in total. The quantitative estimate of drug-likeness (QED) is 0.178. The fourth-order valence-corrected chi connectivity index (χ4v) is 9.54. The van der Waals surface area contributed by atoms with Gasteiger partial charge in [-0.2, -0.15) is 0 Å². The largest absolute Gasteiger partial charge is 0.310 e. The van der Waals surface area contributed by atoms with E-state index in [4.69, 9.17) is 0 Å². The van der Waals surface area contributed by atoms with Crippen molar-refractivity contribution in [1.82, 2.24) is 0 Å². The fraction of sp³-hybridized carbons (Fsp3) is 0.170. The number of anilines is 3. The molecule has 262 valence electrons. The second kappa shape index (κ2) is 11.5. The average molecular weight is 696 g/mol. The summed E-state index contributed by atoms with van der Waals surface area (Å²) in [6, 6.07) is 62.1. The molecule has 0 radical (unpaired) electrons. The van der Waals surface area contributed by atoms with Crippen molar-refractivity contribution in [1.29, 1.82) is 0 Å². The predicted molar refractivity (Wildman–Crippen MR) is 230 cm³/mol. The molecule has 2 aliphatic rings. The van der Waals surface area contributed by atoms with Gasteiger partial charge in [-0.3, -0.25) is 0 Å². The van der Waals surface area contributed by atoms with Crippen LogP contribution in [-0.4, -0.2) is 0 Å². The molecule has 0 saturated carbocycles. The SMILES string of the molecule is CC(C)(C)c1ccc(N(c2ccc(C(C)(C)C)cc2)c2ccc3c4c(ccc3c2)-c2c(ccc3ccccc23)C42c3ccccc3-c3ccccc32)cc1. The van der Waals surface area contributed by atoms with E-state index in [0.717, 1.165) is 17.1 Å². The summed E-state index contributed by atoms with van der Waals surface area (Å²) >= 11 is 0. The molecule has 2 aliphatic carbocycles. The molecule has 0 atom stereocenters. The van der Waals surface area contributed by atoms with Crippen molar-refractivity contribution in [3.05, 3.63) is 197 Å². The lowest BCUT2D eigenvalue weighted by atomic mass is 9.69. The van der Waals surface area contributed by atoms with Gasteiger partial charge in [-0.25, -0.2) is 0 Å². The zero-order valence-electron chi connectivity index (χ0n) is 32.0. The topological polar surface area (TPSA) is 3.24 Å². The van der Waals surface area contributed by atoms with Gasteiger partial charge in [0, 0.05) is 17.1 Å². The molecule has 1 spiro atoms. The third-order valence-electron chi connectivity index (χ3n) is 12.2. The van der Waals surface area contributed by atoms with Crippen LogP contribution < -0.4 is 4.90 Å². The Morgan fingerprint density at radius 3 is 1.50 bits per heavy atom. The number of hydrogen-bond donors (Lipinski definition) is 0. The van der Waals surface area contributed by atoms with Crippen LogP contribution >= 0.6 is 0 Å². The van der Waals surface area contributed by atoms with Crippen LogP contribution in [0.3, 0.4) is 0 Å². The summed E-state index contributed by atoms with van der Waals surface area (Å²) in [7, 11) is 0. The van der Waals surface area contributed by atoms with Crippen molar-refractivity contribution in [3.8, 4) is 22.3 Å². The summed E-state index contributed by atoms with van der Waals surface area (Å²) in [4.78, 5) is 2.42. The van der Waals surface area contributed by atoms with Gasteiger partial charge in [0.05, 0.1) is 5.41 Å². The van der Waals surface area contributed by atoms with Gasteiger partial charge in [0.2, 0.25) is 0 Å². The Hall–Kier alpha value is -5.92. The highest BCUT2D eigenvalue weighted by Crippen LogP contribution is 2.65. The summed E-state index contributed by atoms with van der Waals surface area (Å²) in [6.45, 7) is 13.7. The third kappa shape index (κ3) is 4.64. The summed E-state index contributed by atoms with van der Waals surface area (Å²) in [5, 5.41) is 5.13. The third-order valence-corrected chi connectivity index (χ3v) is 12.2. The molecule has 0 fully saturated rings.